The minimum Gasteiger partial charge on any atom is -0.465 e. The SMILES string of the molecule is CCn1c(SCC(=O)OCC(=O)Nc2ccc(C(=O)OC)cc2)nnc1-c1ccco1. The molecule has 0 aliphatic heterocycles. The van der Waals surface area contributed by atoms with Crippen LogP contribution in [0.25, 0.3) is 11.6 Å². The van der Waals surface area contributed by atoms with E-state index in [2.05, 4.69) is 20.3 Å². The predicted molar refractivity (Wildman–Crippen MR) is 111 cm³/mol. The summed E-state index contributed by atoms with van der Waals surface area (Å²) < 4.78 is 16.8. The molecule has 0 atom stereocenters. The highest BCUT2D eigenvalue weighted by Crippen LogP contribution is 2.24. The van der Waals surface area contributed by atoms with Crippen LogP contribution in [-0.4, -0.2) is 52.1 Å². The van der Waals surface area contributed by atoms with Gasteiger partial charge in [-0.1, -0.05) is 11.8 Å². The van der Waals surface area contributed by atoms with Crippen LogP contribution in [0.2, 0.25) is 0 Å². The number of methoxy groups -OCH3 is 1. The smallest absolute Gasteiger partial charge is 0.337 e. The van der Waals surface area contributed by atoms with E-state index in [4.69, 9.17) is 9.15 Å². The molecule has 2 heterocycles. The van der Waals surface area contributed by atoms with Crippen LogP contribution in [0.15, 0.2) is 52.2 Å². The van der Waals surface area contributed by atoms with Crippen LogP contribution >= 0.6 is 11.8 Å². The number of carbonyl (C=O) groups is 3. The highest BCUT2D eigenvalue weighted by molar-refractivity contribution is 7.99. The van der Waals surface area contributed by atoms with Crippen LogP contribution in [0, 0.1) is 0 Å². The van der Waals surface area contributed by atoms with E-state index in [0.29, 0.717) is 34.5 Å². The first-order chi connectivity index (χ1) is 15.0. The van der Waals surface area contributed by atoms with E-state index >= 15 is 0 Å². The molecule has 0 saturated heterocycles. The number of hydrogen-bond donors (Lipinski definition) is 1. The molecule has 10 nitrogen and oxygen atoms in total. The number of nitrogens with one attached hydrogen (secondary N) is 1. The van der Waals surface area contributed by atoms with Gasteiger partial charge in [0.1, 0.15) is 0 Å². The van der Waals surface area contributed by atoms with Crippen molar-refractivity contribution in [3.8, 4) is 11.6 Å². The normalized spacial score (nSPS) is 10.5. The lowest BCUT2D eigenvalue weighted by molar-refractivity contribution is -0.144. The first kappa shape index (κ1) is 22.1. The maximum Gasteiger partial charge on any atom is 0.337 e. The van der Waals surface area contributed by atoms with Crippen molar-refractivity contribution in [2.75, 3.05) is 24.8 Å². The predicted octanol–water partition coefficient (Wildman–Crippen LogP) is 2.62. The fourth-order valence-corrected chi connectivity index (χ4v) is 3.38. The maximum absolute atomic E-state index is 12.0. The Morgan fingerprint density at radius 1 is 1.16 bits per heavy atom. The molecule has 162 valence electrons. The summed E-state index contributed by atoms with van der Waals surface area (Å²) in [5, 5.41) is 11.3. The van der Waals surface area contributed by atoms with Crippen molar-refractivity contribution in [3.63, 3.8) is 0 Å². The number of nitrogens with zero attached hydrogens (tertiary/aromatic N) is 3. The summed E-state index contributed by atoms with van der Waals surface area (Å²) in [5.41, 5.74) is 0.823. The van der Waals surface area contributed by atoms with Crippen molar-refractivity contribution < 1.29 is 28.3 Å². The summed E-state index contributed by atoms with van der Waals surface area (Å²) in [5.74, 6) is -0.412. The Morgan fingerprint density at radius 3 is 2.58 bits per heavy atom. The Balaban J connectivity index is 1.46. The van der Waals surface area contributed by atoms with Gasteiger partial charge in [-0.25, -0.2) is 4.79 Å². The quantitative estimate of drug-likeness (QED) is 0.391. The van der Waals surface area contributed by atoms with E-state index in [1.807, 2.05) is 11.5 Å². The lowest BCUT2D eigenvalue weighted by atomic mass is 10.2. The second kappa shape index (κ2) is 10.4. The summed E-state index contributed by atoms with van der Waals surface area (Å²) in [6.07, 6.45) is 1.55. The van der Waals surface area contributed by atoms with Crippen LogP contribution in [0.3, 0.4) is 0 Å². The molecule has 0 aliphatic rings. The Kier molecular flexibility index (Phi) is 7.44. The van der Waals surface area contributed by atoms with Crippen molar-refractivity contribution in [2.24, 2.45) is 0 Å². The van der Waals surface area contributed by atoms with Crippen LogP contribution in [0.1, 0.15) is 17.3 Å². The Morgan fingerprint density at radius 2 is 1.94 bits per heavy atom. The monoisotopic (exact) mass is 444 g/mol. The maximum atomic E-state index is 12.0. The largest absolute Gasteiger partial charge is 0.465 e. The second-order valence-electron chi connectivity index (χ2n) is 6.09. The molecule has 1 N–H and O–H groups in total. The minimum atomic E-state index is -0.564. The fraction of sp³-hybridized carbons (Fsp3) is 0.250. The minimum absolute atomic E-state index is 0.0304. The molecule has 0 unspecified atom stereocenters. The van der Waals surface area contributed by atoms with E-state index in [1.165, 1.54) is 19.2 Å². The molecule has 0 aliphatic carbocycles. The molecule has 0 saturated carbocycles. The number of aromatic nitrogens is 3. The lowest BCUT2D eigenvalue weighted by Gasteiger charge is -2.08. The van der Waals surface area contributed by atoms with E-state index in [9.17, 15) is 14.4 Å². The first-order valence-corrected chi connectivity index (χ1v) is 10.2. The Bertz CT molecular complexity index is 1050. The van der Waals surface area contributed by atoms with Gasteiger partial charge >= 0.3 is 11.9 Å². The third kappa shape index (κ3) is 5.72. The number of benzene rings is 1. The van der Waals surface area contributed by atoms with Crippen molar-refractivity contribution in [1.82, 2.24) is 14.8 Å². The zero-order valence-electron chi connectivity index (χ0n) is 16.9. The van der Waals surface area contributed by atoms with Crippen molar-refractivity contribution in [2.45, 2.75) is 18.6 Å². The van der Waals surface area contributed by atoms with E-state index in [0.717, 1.165) is 11.8 Å². The van der Waals surface area contributed by atoms with Gasteiger partial charge in [0.05, 0.1) is 24.7 Å². The van der Waals surface area contributed by atoms with Crippen LogP contribution < -0.4 is 5.32 Å². The zero-order chi connectivity index (χ0) is 22.2. The molecular weight excluding hydrogens is 424 g/mol. The highest BCUT2D eigenvalue weighted by atomic mass is 32.2. The number of esters is 2. The van der Waals surface area contributed by atoms with Crippen molar-refractivity contribution in [1.29, 1.82) is 0 Å². The van der Waals surface area contributed by atoms with Crippen molar-refractivity contribution >= 4 is 35.3 Å². The van der Waals surface area contributed by atoms with Gasteiger partial charge in [0, 0.05) is 12.2 Å². The first-order valence-electron chi connectivity index (χ1n) is 9.25. The molecule has 3 aromatic rings. The summed E-state index contributed by atoms with van der Waals surface area (Å²) in [6.45, 7) is 2.09. The molecule has 0 bridgehead atoms. The average molecular weight is 444 g/mol. The van der Waals surface area contributed by atoms with Crippen LogP contribution in [-0.2, 0) is 25.6 Å². The van der Waals surface area contributed by atoms with E-state index in [1.54, 1.807) is 30.5 Å². The molecule has 1 amide bonds. The number of rotatable bonds is 9. The van der Waals surface area contributed by atoms with Gasteiger partial charge in [-0.2, -0.15) is 0 Å². The van der Waals surface area contributed by atoms with Crippen LogP contribution in [0.4, 0.5) is 5.69 Å². The number of carbonyl (C=O) groups excluding carboxylic acids is 3. The molecule has 2 aromatic heterocycles. The molecular formula is C20H20N4O6S. The average Bonchev–Trinajstić information content (AvgIpc) is 3.45. The van der Waals surface area contributed by atoms with Gasteiger partial charge < -0.3 is 19.2 Å². The van der Waals surface area contributed by atoms with Gasteiger partial charge in [-0.3, -0.25) is 14.2 Å². The summed E-state index contributed by atoms with van der Waals surface area (Å²) in [7, 11) is 1.29. The number of thioether (sulfide) groups is 1. The van der Waals surface area contributed by atoms with Gasteiger partial charge in [0.2, 0.25) is 0 Å². The van der Waals surface area contributed by atoms with Crippen LogP contribution in [0.5, 0.6) is 0 Å². The zero-order valence-corrected chi connectivity index (χ0v) is 17.7. The molecule has 3 rings (SSSR count). The Labute approximate surface area is 181 Å². The summed E-state index contributed by atoms with van der Waals surface area (Å²) in [6, 6.07) is 9.68. The van der Waals surface area contributed by atoms with E-state index < -0.39 is 24.5 Å². The molecule has 11 heteroatoms. The fourth-order valence-electron chi connectivity index (χ4n) is 2.58. The highest BCUT2D eigenvalue weighted by Gasteiger charge is 2.17. The molecule has 31 heavy (non-hydrogen) atoms. The van der Waals surface area contributed by atoms with Gasteiger partial charge in [0.25, 0.3) is 5.91 Å². The molecule has 1 aromatic carbocycles. The number of amides is 1. The second-order valence-corrected chi connectivity index (χ2v) is 7.04. The number of ether oxygens (including phenoxy) is 2. The summed E-state index contributed by atoms with van der Waals surface area (Å²) >= 11 is 1.16. The third-order valence-corrected chi connectivity index (χ3v) is 4.99. The topological polar surface area (TPSA) is 126 Å². The molecule has 0 fully saturated rings. The molecule has 0 radical (unpaired) electrons. The van der Waals surface area contributed by atoms with Gasteiger partial charge in [-0.05, 0) is 43.3 Å². The standard InChI is InChI=1S/C20H20N4O6S/c1-3-24-18(15-5-4-10-29-15)22-23-20(24)31-12-17(26)30-11-16(25)21-14-8-6-13(7-9-14)19(27)28-2/h4-10H,3,11-12H2,1-2H3,(H,21,25). The number of furan rings is 1. The van der Waals surface area contributed by atoms with Gasteiger partial charge in [-0.15, -0.1) is 10.2 Å². The van der Waals surface area contributed by atoms with Gasteiger partial charge in [0.15, 0.2) is 23.3 Å². The molecule has 0 spiro atoms. The lowest BCUT2D eigenvalue weighted by Crippen LogP contribution is -2.21. The van der Waals surface area contributed by atoms with Crippen molar-refractivity contribution in [3.05, 3.63) is 48.2 Å². The number of anilines is 1. The number of hydrogen-bond acceptors (Lipinski definition) is 9. The van der Waals surface area contributed by atoms with E-state index in [-0.39, 0.29) is 5.75 Å². The Hall–Kier alpha value is -3.60. The third-order valence-electron chi connectivity index (χ3n) is 4.05. The summed E-state index contributed by atoms with van der Waals surface area (Å²) in [4.78, 5) is 35.4.